The average Bonchev–Trinajstić information content (AvgIpc) is 3.01. The molecule has 0 spiro atoms. The number of hydrogen-bond acceptors (Lipinski definition) is 5. The van der Waals surface area contributed by atoms with E-state index in [0.29, 0.717) is 33.9 Å². The molecule has 0 saturated carbocycles. The monoisotopic (exact) mass is 510 g/mol. The lowest BCUT2D eigenvalue weighted by Gasteiger charge is -2.12. The van der Waals surface area contributed by atoms with Gasteiger partial charge in [0.2, 0.25) is 0 Å². The van der Waals surface area contributed by atoms with E-state index in [0.717, 1.165) is 9.13 Å². The SMILES string of the molecule is C=CCOc1c(I)cc(/C=C2\SC(=Nc3ccc(F)cc3)NC2=O)cc1OC. The highest BCUT2D eigenvalue weighted by molar-refractivity contribution is 14.1. The molecule has 1 heterocycles. The van der Waals surface area contributed by atoms with Gasteiger partial charge in [-0.05, 0) is 82.4 Å². The van der Waals surface area contributed by atoms with Crippen LogP contribution < -0.4 is 14.8 Å². The Labute approximate surface area is 179 Å². The second-order valence-electron chi connectivity index (χ2n) is 5.59. The molecule has 1 aliphatic rings. The second-order valence-corrected chi connectivity index (χ2v) is 7.78. The zero-order valence-electron chi connectivity index (χ0n) is 14.9. The fourth-order valence-electron chi connectivity index (χ4n) is 2.37. The maximum atomic E-state index is 13.0. The van der Waals surface area contributed by atoms with Crippen molar-refractivity contribution in [1.29, 1.82) is 0 Å². The highest BCUT2D eigenvalue weighted by atomic mass is 127. The average molecular weight is 510 g/mol. The van der Waals surface area contributed by atoms with Crippen LogP contribution in [0.5, 0.6) is 11.5 Å². The predicted octanol–water partition coefficient (Wildman–Crippen LogP) is 4.90. The first-order valence-electron chi connectivity index (χ1n) is 8.16. The van der Waals surface area contributed by atoms with E-state index in [-0.39, 0.29) is 11.7 Å². The number of aliphatic imine (C=N–C) groups is 1. The summed E-state index contributed by atoms with van der Waals surface area (Å²) in [4.78, 5) is 17.1. The van der Waals surface area contributed by atoms with Crippen molar-refractivity contribution < 1.29 is 18.7 Å². The van der Waals surface area contributed by atoms with E-state index in [1.165, 1.54) is 23.9 Å². The van der Waals surface area contributed by atoms with Gasteiger partial charge in [-0.2, -0.15) is 0 Å². The maximum Gasteiger partial charge on any atom is 0.264 e. The minimum atomic E-state index is -0.336. The number of carbonyl (C=O) groups excluding carboxylic acids is 1. The van der Waals surface area contributed by atoms with Gasteiger partial charge in [0.15, 0.2) is 16.7 Å². The largest absolute Gasteiger partial charge is 0.493 e. The number of methoxy groups -OCH3 is 1. The topological polar surface area (TPSA) is 59.9 Å². The first kappa shape index (κ1) is 20.4. The zero-order chi connectivity index (χ0) is 20.1. The molecule has 2 aromatic rings. The Bertz CT molecular complexity index is 974. The third kappa shape index (κ3) is 4.93. The third-order valence-corrected chi connectivity index (χ3v) is 5.31. The Morgan fingerprint density at radius 2 is 2.07 bits per heavy atom. The van der Waals surface area contributed by atoms with Crippen LogP contribution in [0.25, 0.3) is 6.08 Å². The van der Waals surface area contributed by atoms with Gasteiger partial charge in [-0.15, -0.1) is 0 Å². The van der Waals surface area contributed by atoms with Crippen molar-refractivity contribution in [3.05, 3.63) is 68.9 Å². The number of ether oxygens (including phenoxy) is 2. The van der Waals surface area contributed by atoms with Crippen LogP contribution in [0.2, 0.25) is 0 Å². The first-order valence-corrected chi connectivity index (χ1v) is 10.1. The van der Waals surface area contributed by atoms with Gasteiger partial charge in [-0.3, -0.25) is 4.79 Å². The second kappa shape index (κ2) is 9.24. The first-order chi connectivity index (χ1) is 13.5. The molecule has 1 amide bonds. The van der Waals surface area contributed by atoms with E-state index < -0.39 is 0 Å². The van der Waals surface area contributed by atoms with Crippen molar-refractivity contribution in [1.82, 2.24) is 5.32 Å². The molecule has 8 heteroatoms. The molecule has 0 unspecified atom stereocenters. The molecule has 28 heavy (non-hydrogen) atoms. The van der Waals surface area contributed by atoms with Crippen LogP contribution in [0, 0.1) is 9.39 Å². The number of hydrogen-bond donors (Lipinski definition) is 1. The Kier molecular flexibility index (Phi) is 6.74. The van der Waals surface area contributed by atoms with E-state index in [1.54, 1.807) is 37.5 Å². The molecule has 1 aliphatic heterocycles. The zero-order valence-corrected chi connectivity index (χ0v) is 17.8. The lowest BCUT2D eigenvalue weighted by Crippen LogP contribution is -2.19. The van der Waals surface area contributed by atoms with Crippen LogP contribution in [0.3, 0.4) is 0 Å². The van der Waals surface area contributed by atoms with Crippen molar-refractivity contribution in [2.24, 2.45) is 4.99 Å². The van der Waals surface area contributed by atoms with E-state index in [4.69, 9.17) is 9.47 Å². The number of benzene rings is 2. The summed E-state index contributed by atoms with van der Waals surface area (Å²) in [6, 6.07) is 9.44. The Morgan fingerprint density at radius 3 is 2.75 bits per heavy atom. The van der Waals surface area contributed by atoms with Crippen LogP contribution in [0.1, 0.15) is 5.56 Å². The van der Waals surface area contributed by atoms with Crippen LogP contribution in [0.4, 0.5) is 10.1 Å². The van der Waals surface area contributed by atoms with E-state index >= 15 is 0 Å². The Hall–Kier alpha value is -2.33. The molecule has 144 valence electrons. The molecule has 1 N–H and O–H groups in total. The fraction of sp³-hybridized carbons (Fsp3) is 0.100. The number of nitrogens with one attached hydrogen (secondary N) is 1. The van der Waals surface area contributed by atoms with Crippen molar-refractivity contribution in [2.45, 2.75) is 0 Å². The number of amidine groups is 1. The maximum absolute atomic E-state index is 13.0. The number of rotatable bonds is 6. The number of nitrogens with zero attached hydrogens (tertiary/aromatic N) is 1. The molecular weight excluding hydrogens is 494 g/mol. The van der Waals surface area contributed by atoms with Gasteiger partial charge in [0.25, 0.3) is 5.91 Å². The standard InChI is InChI=1S/C20H16FIN2O3S/c1-3-8-27-18-15(22)9-12(10-16(18)26-2)11-17-19(25)24-20(28-17)23-14-6-4-13(21)5-7-14/h3-7,9-11H,1,8H2,2H3,(H,23,24,25)/b17-11-. The van der Waals surface area contributed by atoms with E-state index in [1.807, 2.05) is 6.07 Å². The molecule has 0 radical (unpaired) electrons. The van der Waals surface area contributed by atoms with Crippen molar-refractivity contribution in [2.75, 3.05) is 13.7 Å². The van der Waals surface area contributed by atoms with Gasteiger partial charge >= 0.3 is 0 Å². The highest BCUT2D eigenvalue weighted by Gasteiger charge is 2.24. The summed E-state index contributed by atoms with van der Waals surface area (Å²) in [6.45, 7) is 4.01. The number of amides is 1. The molecule has 0 atom stereocenters. The summed E-state index contributed by atoms with van der Waals surface area (Å²) in [5, 5.41) is 3.15. The van der Waals surface area contributed by atoms with Gasteiger partial charge in [-0.25, -0.2) is 9.38 Å². The lowest BCUT2D eigenvalue weighted by molar-refractivity contribution is -0.115. The molecule has 2 aromatic carbocycles. The van der Waals surface area contributed by atoms with E-state index in [9.17, 15) is 9.18 Å². The quantitative estimate of drug-likeness (QED) is 0.342. The summed E-state index contributed by atoms with van der Waals surface area (Å²) >= 11 is 3.38. The summed E-state index contributed by atoms with van der Waals surface area (Å²) in [6.07, 6.45) is 3.42. The normalized spacial score (nSPS) is 16.3. The lowest BCUT2D eigenvalue weighted by atomic mass is 10.2. The molecule has 0 aromatic heterocycles. The van der Waals surface area contributed by atoms with Gasteiger partial charge in [0.1, 0.15) is 12.4 Å². The number of carbonyl (C=O) groups is 1. The molecule has 3 rings (SSSR count). The summed E-state index contributed by atoms with van der Waals surface area (Å²) < 4.78 is 24.9. The minimum Gasteiger partial charge on any atom is -0.493 e. The predicted molar refractivity (Wildman–Crippen MR) is 119 cm³/mol. The summed E-state index contributed by atoms with van der Waals surface area (Å²) in [7, 11) is 1.56. The summed E-state index contributed by atoms with van der Waals surface area (Å²) in [5.74, 6) is 0.625. The van der Waals surface area contributed by atoms with Crippen molar-refractivity contribution >= 4 is 57.2 Å². The number of halogens is 2. The summed E-state index contributed by atoms with van der Waals surface area (Å²) in [5.41, 5.74) is 1.36. The molecule has 0 aliphatic carbocycles. The van der Waals surface area contributed by atoms with Crippen molar-refractivity contribution in [3.63, 3.8) is 0 Å². The van der Waals surface area contributed by atoms with Gasteiger partial charge in [-0.1, -0.05) is 12.7 Å². The number of thioether (sulfide) groups is 1. The Morgan fingerprint density at radius 1 is 1.32 bits per heavy atom. The van der Waals surface area contributed by atoms with Crippen LogP contribution in [-0.4, -0.2) is 24.8 Å². The van der Waals surface area contributed by atoms with Crippen LogP contribution in [0.15, 0.2) is 59.0 Å². The van der Waals surface area contributed by atoms with Gasteiger partial charge < -0.3 is 14.8 Å². The highest BCUT2D eigenvalue weighted by Crippen LogP contribution is 2.36. The molecule has 5 nitrogen and oxygen atoms in total. The molecule has 1 saturated heterocycles. The van der Waals surface area contributed by atoms with Gasteiger partial charge in [0.05, 0.1) is 21.3 Å². The Balaban J connectivity index is 1.85. The third-order valence-electron chi connectivity index (χ3n) is 3.60. The van der Waals surface area contributed by atoms with Gasteiger partial charge in [0, 0.05) is 0 Å². The molecule has 1 fully saturated rings. The fourth-order valence-corrected chi connectivity index (χ4v) is 3.99. The van der Waals surface area contributed by atoms with Crippen LogP contribution in [-0.2, 0) is 4.79 Å². The smallest absolute Gasteiger partial charge is 0.264 e. The van der Waals surface area contributed by atoms with Crippen molar-refractivity contribution in [3.8, 4) is 11.5 Å². The molecular formula is C20H16FIN2O3S. The molecule has 0 bridgehead atoms. The van der Waals surface area contributed by atoms with E-state index in [2.05, 4.69) is 39.5 Å². The minimum absolute atomic E-state index is 0.244. The van der Waals surface area contributed by atoms with Crippen LogP contribution >= 0.6 is 34.4 Å².